The van der Waals surface area contributed by atoms with E-state index in [4.69, 9.17) is 19.2 Å². The molecule has 7 rings (SSSR count). The Hall–Kier alpha value is -4.96. The molecule has 2 fully saturated rings. The first-order chi connectivity index (χ1) is 22.4. The highest BCUT2D eigenvalue weighted by Crippen LogP contribution is 2.33. The van der Waals surface area contributed by atoms with Gasteiger partial charge in [0, 0.05) is 41.7 Å². The van der Waals surface area contributed by atoms with Crippen molar-refractivity contribution in [3.63, 3.8) is 0 Å². The molecular weight excluding hydrogens is 592 g/mol. The molecule has 0 bridgehead atoms. The van der Waals surface area contributed by atoms with Crippen LogP contribution < -0.4 is 4.74 Å². The standard InChI is InChI=1S/C36H31F2N3O5/c37-29-15-25(31-2-1-3-35(40-31)46-20-27-10-9-26(16-30(27)38)36(43)23-5-6-23)8-7-24(29)17-34-39-32-11-4-22(19-44-21-42)14-33(32)41(34)18-28-12-13-45-28/h1-4,7-11,14-16,21,23,28H,5-6,12-13,17-20H2. The van der Waals surface area contributed by atoms with Crippen molar-refractivity contribution in [2.24, 2.45) is 5.92 Å². The van der Waals surface area contributed by atoms with E-state index in [0.717, 1.165) is 35.9 Å². The van der Waals surface area contributed by atoms with Crippen molar-refractivity contribution in [3.05, 3.63) is 113 Å². The number of benzene rings is 3. The van der Waals surface area contributed by atoms with Gasteiger partial charge in [0.1, 0.15) is 30.7 Å². The van der Waals surface area contributed by atoms with Crippen molar-refractivity contribution >= 4 is 23.3 Å². The maximum absolute atomic E-state index is 15.6. The molecule has 8 nitrogen and oxygen atoms in total. The monoisotopic (exact) mass is 623 g/mol. The maximum Gasteiger partial charge on any atom is 0.293 e. The number of hydrogen-bond acceptors (Lipinski definition) is 7. The molecule has 2 aliphatic rings. The molecule has 0 amide bonds. The van der Waals surface area contributed by atoms with E-state index in [2.05, 4.69) is 9.55 Å². The molecule has 2 aromatic heterocycles. The number of nitrogens with zero attached hydrogens (tertiary/aromatic N) is 3. The summed E-state index contributed by atoms with van der Waals surface area (Å²) in [5, 5.41) is 0. The average molecular weight is 624 g/mol. The SMILES string of the molecule is O=COCc1ccc2nc(Cc3ccc(-c4cccc(OCc5ccc(C(=O)C6CC6)cc5F)n4)cc3F)n(CC3CCO3)c2c1. The van der Waals surface area contributed by atoms with Crippen molar-refractivity contribution in [3.8, 4) is 17.1 Å². The zero-order valence-corrected chi connectivity index (χ0v) is 25.0. The molecule has 1 aliphatic carbocycles. The Balaban J connectivity index is 1.07. The van der Waals surface area contributed by atoms with E-state index in [1.807, 2.05) is 18.2 Å². The van der Waals surface area contributed by atoms with E-state index in [0.29, 0.717) is 53.4 Å². The number of ether oxygens (including phenoxy) is 3. The number of carbonyl (C=O) groups is 2. The highest BCUT2D eigenvalue weighted by Gasteiger charge is 2.30. The van der Waals surface area contributed by atoms with Crippen LogP contribution in [-0.4, -0.2) is 39.5 Å². The second-order valence-corrected chi connectivity index (χ2v) is 11.7. The molecule has 1 saturated carbocycles. The third-order valence-corrected chi connectivity index (χ3v) is 8.47. The van der Waals surface area contributed by atoms with Crippen LogP contribution in [0.15, 0.2) is 72.8 Å². The van der Waals surface area contributed by atoms with Gasteiger partial charge in [0.2, 0.25) is 5.88 Å². The molecule has 1 unspecified atom stereocenters. The van der Waals surface area contributed by atoms with Crippen molar-refractivity contribution in [1.29, 1.82) is 0 Å². The lowest BCUT2D eigenvalue weighted by atomic mass is 10.0. The van der Waals surface area contributed by atoms with E-state index in [-0.39, 0.29) is 43.3 Å². The van der Waals surface area contributed by atoms with Gasteiger partial charge in [0.15, 0.2) is 5.78 Å². The van der Waals surface area contributed by atoms with Crippen LogP contribution in [0.2, 0.25) is 0 Å². The molecule has 10 heteroatoms. The number of ketones is 1. The molecule has 1 aliphatic heterocycles. The number of carbonyl (C=O) groups excluding carboxylic acids is 2. The van der Waals surface area contributed by atoms with Gasteiger partial charge in [-0.25, -0.2) is 18.7 Å². The van der Waals surface area contributed by atoms with Crippen LogP contribution in [0, 0.1) is 17.6 Å². The number of Topliss-reactive ketones (excluding diaryl/α,β-unsaturated/α-hetero) is 1. The molecule has 0 spiro atoms. The topological polar surface area (TPSA) is 92.5 Å². The minimum atomic E-state index is -0.499. The Bertz CT molecular complexity index is 1930. The Labute approximate surface area is 264 Å². The molecule has 0 N–H and O–H groups in total. The van der Waals surface area contributed by atoms with Crippen molar-refractivity contribution in [2.75, 3.05) is 6.61 Å². The summed E-state index contributed by atoms with van der Waals surface area (Å²) in [7, 11) is 0. The van der Waals surface area contributed by atoms with Gasteiger partial charge in [-0.05, 0) is 60.7 Å². The molecule has 46 heavy (non-hydrogen) atoms. The summed E-state index contributed by atoms with van der Waals surface area (Å²) >= 11 is 0. The number of aromatic nitrogens is 3. The van der Waals surface area contributed by atoms with Gasteiger partial charge in [-0.15, -0.1) is 0 Å². The summed E-state index contributed by atoms with van der Waals surface area (Å²) in [6, 6.07) is 20.3. The van der Waals surface area contributed by atoms with Crippen LogP contribution in [0.5, 0.6) is 5.88 Å². The molecule has 5 aromatic rings. The van der Waals surface area contributed by atoms with Gasteiger partial charge in [-0.2, -0.15) is 0 Å². The van der Waals surface area contributed by atoms with E-state index < -0.39 is 11.6 Å². The Kier molecular flexibility index (Phi) is 8.28. The third-order valence-electron chi connectivity index (χ3n) is 8.47. The Morgan fingerprint density at radius 2 is 1.76 bits per heavy atom. The summed E-state index contributed by atoms with van der Waals surface area (Å²) in [6.07, 6.45) is 2.99. The number of imidazole rings is 1. The first kappa shape index (κ1) is 29.7. The first-order valence-electron chi connectivity index (χ1n) is 15.3. The fraction of sp³-hybridized carbons (Fsp3) is 0.278. The van der Waals surface area contributed by atoms with Crippen molar-refractivity contribution in [2.45, 2.75) is 51.5 Å². The summed E-state index contributed by atoms with van der Waals surface area (Å²) in [6.45, 7) is 1.82. The van der Waals surface area contributed by atoms with E-state index >= 15 is 4.39 Å². The van der Waals surface area contributed by atoms with Gasteiger partial charge in [0.25, 0.3) is 6.47 Å². The van der Waals surface area contributed by atoms with Crippen LogP contribution in [0.4, 0.5) is 8.78 Å². The van der Waals surface area contributed by atoms with Gasteiger partial charge in [-0.3, -0.25) is 9.59 Å². The Morgan fingerprint density at radius 3 is 2.50 bits per heavy atom. The minimum absolute atomic E-state index is 0.0163. The fourth-order valence-electron chi connectivity index (χ4n) is 5.64. The van der Waals surface area contributed by atoms with Gasteiger partial charge >= 0.3 is 0 Å². The molecule has 3 aromatic carbocycles. The Morgan fingerprint density at radius 1 is 0.935 bits per heavy atom. The lowest BCUT2D eigenvalue weighted by Crippen LogP contribution is -2.31. The van der Waals surface area contributed by atoms with Crippen molar-refractivity contribution < 1.29 is 32.6 Å². The second-order valence-electron chi connectivity index (χ2n) is 11.7. The maximum atomic E-state index is 15.6. The van der Waals surface area contributed by atoms with Gasteiger partial charge in [0.05, 0.1) is 29.4 Å². The van der Waals surface area contributed by atoms with E-state index in [9.17, 15) is 14.0 Å². The molecule has 1 saturated heterocycles. The fourth-order valence-corrected chi connectivity index (χ4v) is 5.64. The smallest absolute Gasteiger partial charge is 0.293 e. The van der Waals surface area contributed by atoms with Crippen molar-refractivity contribution in [1.82, 2.24) is 14.5 Å². The zero-order chi connectivity index (χ0) is 31.6. The van der Waals surface area contributed by atoms with Crippen LogP contribution in [0.25, 0.3) is 22.3 Å². The van der Waals surface area contributed by atoms with Crippen LogP contribution in [0.3, 0.4) is 0 Å². The highest BCUT2D eigenvalue weighted by molar-refractivity contribution is 5.99. The normalized spacial score (nSPS) is 15.8. The van der Waals surface area contributed by atoms with Crippen LogP contribution in [0.1, 0.15) is 52.1 Å². The first-order valence-corrected chi connectivity index (χ1v) is 15.3. The summed E-state index contributed by atoms with van der Waals surface area (Å²) in [4.78, 5) is 32.3. The predicted octanol–water partition coefficient (Wildman–Crippen LogP) is 6.60. The summed E-state index contributed by atoms with van der Waals surface area (Å²) < 4.78 is 48.7. The lowest BCUT2D eigenvalue weighted by molar-refractivity contribution is -0.129. The number of pyridine rings is 1. The summed E-state index contributed by atoms with van der Waals surface area (Å²) in [5.41, 5.74) is 4.73. The molecule has 234 valence electrons. The van der Waals surface area contributed by atoms with Crippen LogP contribution >= 0.6 is 0 Å². The number of rotatable bonds is 13. The van der Waals surface area contributed by atoms with Gasteiger partial charge < -0.3 is 18.8 Å². The van der Waals surface area contributed by atoms with Crippen LogP contribution in [-0.2, 0) is 40.4 Å². The zero-order valence-electron chi connectivity index (χ0n) is 25.0. The average Bonchev–Trinajstić information content (AvgIpc) is 3.84. The van der Waals surface area contributed by atoms with E-state index in [1.54, 1.807) is 42.5 Å². The third kappa shape index (κ3) is 6.39. The molecule has 1 atom stereocenters. The molecule has 0 radical (unpaired) electrons. The second kappa shape index (κ2) is 12.8. The highest BCUT2D eigenvalue weighted by atomic mass is 19.1. The predicted molar refractivity (Wildman–Crippen MR) is 165 cm³/mol. The quantitative estimate of drug-likeness (QED) is 0.108. The number of halogens is 2. The molecule has 3 heterocycles. The lowest BCUT2D eigenvalue weighted by Gasteiger charge is -2.27. The number of hydrogen-bond donors (Lipinski definition) is 0. The van der Waals surface area contributed by atoms with E-state index in [1.165, 1.54) is 12.1 Å². The largest absolute Gasteiger partial charge is 0.473 e. The summed E-state index contributed by atoms with van der Waals surface area (Å²) in [5.74, 6) is 0.0827. The minimum Gasteiger partial charge on any atom is -0.473 e. The molecular formula is C36H31F2N3O5. The van der Waals surface area contributed by atoms with Gasteiger partial charge in [-0.1, -0.05) is 36.4 Å². The number of fused-ring (bicyclic) bond motifs is 1.